The predicted octanol–water partition coefficient (Wildman–Crippen LogP) is 3.85. The summed E-state index contributed by atoms with van der Waals surface area (Å²) in [5.41, 5.74) is 1.51. The Morgan fingerprint density at radius 2 is 1.91 bits per heavy atom. The number of hydrogen-bond acceptors (Lipinski definition) is 6. The molecule has 2 heterocycles. The van der Waals surface area contributed by atoms with Crippen molar-refractivity contribution in [1.82, 2.24) is 9.71 Å². The van der Waals surface area contributed by atoms with Crippen LogP contribution in [-0.4, -0.2) is 37.4 Å². The summed E-state index contributed by atoms with van der Waals surface area (Å²) in [5.74, 6) is -0.221. The molecule has 180 valence electrons. The molecule has 1 aromatic heterocycles. The van der Waals surface area contributed by atoms with Crippen LogP contribution in [-0.2, 0) is 34.0 Å². The highest BCUT2D eigenvalue weighted by Gasteiger charge is 2.36. The van der Waals surface area contributed by atoms with Crippen molar-refractivity contribution in [3.05, 3.63) is 64.2 Å². The molecule has 1 aliphatic heterocycles. The average Bonchev–Trinajstić information content (AvgIpc) is 3.30. The fourth-order valence-corrected chi connectivity index (χ4v) is 6.12. The molecule has 12 heteroatoms. The SMILES string of the molecule is Cc1nc(-c2ccc(C(F)(F)F)cc2)sc1CCc1ccc(N2CC(C=O)NS2(=O)=O)c(O)c1. The van der Waals surface area contributed by atoms with Crippen LogP contribution in [0, 0.1) is 6.92 Å². The summed E-state index contributed by atoms with van der Waals surface area (Å²) in [6, 6.07) is 8.66. The van der Waals surface area contributed by atoms with E-state index >= 15 is 0 Å². The molecule has 7 nitrogen and oxygen atoms in total. The number of aromatic hydroxyl groups is 1. The maximum atomic E-state index is 12.8. The molecular formula is C22H20F3N3O4S2. The van der Waals surface area contributed by atoms with Crippen molar-refractivity contribution in [3.63, 3.8) is 0 Å². The van der Waals surface area contributed by atoms with E-state index in [1.54, 1.807) is 6.07 Å². The Kier molecular flexibility index (Phi) is 6.40. The van der Waals surface area contributed by atoms with E-state index in [-0.39, 0.29) is 18.0 Å². The molecule has 34 heavy (non-hydrogen) atoms. The van der Waals surface area contributed by atoms with Gasteiger partial charge in [0.05, 0.1) is 29.5 Å². The van der Waals surface area contributed by atoms with E-state index in [1.165, 1.54) is 35.6 Å². The van der Waals surface area contributed by atoms with E-state index in [9.17, 15) is 31.5 Å². The van der Waals surface area contributed by atoms with Gasteiger partial charge in [-0.2, -0.15) is 26.3 Å². The lowest BCUT2D eigenvalue weighted by Crippen LogP contribution is -2.30. The molecule has 0 saturated carbocycles. The molecule has 1 aliphatic rings. The van der Waals surface area contributed by atoms with Crippen LogP contribution >= 0.6 is 11.3 Å². The first-order valence-corrected chi connectivity index (χ1v) is 12.4. The number of anilines is 1. The number of aldehydes is 1. The molecule has 1 unspecified atom stereocenters. The summed E-state index contributed by atoms with van der Waals surface area (Å²) in [5, 5.41) is 11.0. The van der Waals surface area contributed by atoms with E-state index < -0.39 is 28.0 Å². The lowest BCUT2D eigenvalue weighted by atomic mass is 10.1. The first kappa shape index (κ1) is 24.2. The van der Waals surface area contributed by atoms with Gasteiger partial charge in [0, 0.05) is 10.4 Å². The smallest absolute Gasteiger partial charge is 0.416 e. The second-order valence-corrected chi connectivity index (χ2v) is 10.5. The molecule has 3 aromatic rings. The van der Waals surface area contributed by atoms with Gasteiger partial charge in [-0.1, -0.05) is 18.2 Å². The van der Waals surface area contributed by atoms with Crippen LogP contribution in [0.1, 0.15) is 21.7 Å². The third-order valence-corrected chi connectivity index (χ3v) is 8.21. The van der Waals surface area contributed by atoms with Gasteiger partial charge >= 0.3 is 16.4 Å². The maximum absolute atomic E-state index is 12.8. The lowest BCUT2D eigenvalue weighted by molar-refractivity contribution is -0.137. The largest absolute Gasteiger partial charge is 0.506 e. The number of hydrogen-bond donors (Lipinski definition) is 2. The molecule has 1 fully saturated rings. The van der Waals surface area contributed by atoms with Crippen molar-refractivity contribution in [1.29, 1.82) is 0 Å². The van der Waals surface area contributed by atoms with E-state index in [2.05, 4.69) is 9.71 Å². The van der Waals surface area contributed by atoms with Crippen LogP contribution in [0.25, 0.3) is 10.6 Å². The Labute approximate surface area is 198 Å². The number of nitrogens with zero attached hydrogens (tertiary/aromatic N) is 2. The van der Waals surface area contributed by atoms with Gasteiger partial charge in [-0.3, -0.25) is 4.31 Å². The zero-order valence-corrected chi connectivity index (χ0v) is 19.5. The number of phenols is 1. The number of benzene rings is 2. The minimum atomic E-state index is -4.39. The summed E-state index contributed by atoms with van der Waals surface area (Å²) in [7, 11) is -3.91. The number of aromatic nitrogens is 1. The van der Waals surface area contributed by atoms with E-state index in [1.807, 2.05) is 6.92 Å². The van der Waals surface area contributed by atoms with Crippen molar-refractivity contribution < 1.29 is 31.5 Å². The third-order valence-electron chi connectivity index (χ3n) is 5.42. The van der Waals surface area contributed by atoms with E-state index in [4.69, 9.17) is 0 Å². The molecule has 4 rings (SSSR count). The quantitative estimate of drug-likeness (QED) is 0.490. The molecule has 1 atom stereocenters. The van der Waals surface area contributed by atoms with Gasteiger partial charge < -0.3 is 9.90 Å². The molecule has 0 radical (unpaired) electrons. The Morgan fingerprint density at radius 3 is 2.50 bits per heavy atom. The molecular weight excluding hydrogens is 491 g/mol. The fourth-order valence-electron chi connectivity index (χ4n) is 3.65. The number of halogens is 3. The molecule has 2 N–H and O–H groups in total. The zero-order valence-electron chi connectivity index (χ0n) is 17.8. The average molecular weight is 512 g/mol. The Bertz CT molecular complexity index is 1320. The molecule has 1 saturated heterocycles. The number of phenolic OH excluding ortho intramolecular Hbond substituents is 1. The number of carbonyl (C=O) groups is 1. The van der Waals surface area contributed by atoms with Crippen molar-refractivity contribution in [2.24, 2.45) is 0 Å². The second-order valence-electron chi connectivity index (χ2n) is 7.82. The lowest BCUT2D eigenvalue weighted by Gasteiger charge is -2.17. The van der Waals surface area contributed by atoms with Crippen LogP contribution in [0.15, 0.2) is 42.5 Å². The van der Waals surface area contributed by atoms with Gasteiger partial charge in [-0.15, -0.1) is 11.3 Å². The van der Waals surface area contributed by atoms with Gasteiger partial charge in [0.15, 0.2) is 0 Å². The van der Waals surface area contributed by atoms with Gasteiger partial charge in [0.25, 0.3) is 0 Å². The zero-order chi connectivity index (χ0) is 24.7. The summed E-state index contributed by atoms with van der Waals surface area (Å²) in [4.78, 5) is 16.4. The van der Waals surface area contributed by atoms with Crippen LogP contribution < -0.4 is 9.03 Å². The number of alkyl halides is 3. The maximum Gasteiger partial charge on any atom is 0.416 e. The van der Waals surface area contributed by atoms with Crippen LogP contribution in [0.5, 0.6) is 5.75 Å². The first-order valence-electron chi connectivity index (χ1n) is 10.2. The van der Waals surface area contributed by atoms with Crippen molar-refractivity contribution in [2.45, 2.75) is 32.0 Å². The molecule has 0 amide bonds. The second kappa shape index (κ2) is 9.01. The van der Waals surface area contributed by atoms with Crippen molar-refractivity contribution in [2.75, 3.05) is 10.8 Å². The Balaban J connectivity index is 1.47. The monoisotopic (exact) mass is 511 g/mol. The molecule has 0 bridgehead atoms. The van der Waals surface area contributed by atoms with Crippen molar-refractivity contribution in [3.8, 4) is 16.3 Å². The highest BCUT2D eigenvalue weighted by molar-refractivity contribution is 7.91. The number of thiazole rings is 1. The number of rotatable bonds is 6. The highest BCUT2D eigenvalue weighted by atomic mass is 32.2. The highest BCUT2D eigenvalue weighted by Crippen LogP contribution is 2.35. The molecule has 0 spiro atoms. The normalized spacial score (nSPS) is 17.8. The van der Waals surface area contributed by atoms with Crippen LogP contribution in [0.3, 0.4) is 0 Å². The van der Waals surface area contributed by atoms with Crippen molar-refractivity contribution >= 4 is 33.5 Å². The van der Waals surface area contributed by atoms with Gasteiger partial charge in [0.1, 0.15) is 17.0 Å². The van der Waals surface area contributed by atoms with Crippen LogP contribution in [0.4, 0.5) is 18.9 Å². The van der Waals surface area contributed by atoms with Gasteiger partial charge in [-0.05, 0) is 49.6 Å². The minimum absolute atomic E-state index is 0.0826. The number of carbonyl (C=O) groups excluding carboxylic acids is 1. The van der Waals surface area contributed by atoms with E-state index in [0.717, 1.165) is 32.6 Å². The first-order chi connectivity index (χ1) is 16.0. The minimum Gasteiger partial charge on any atom is -0.506 e. The standard InChI is InChI=1S/C22H20F3N3O4S2/c1-13-20(33-21(26-13)15-4-6-16(7-5-15)22(23,24)25)9-3-14-2-8-18(19(30)10-14)28-11-17(12-29)27-34(28,31)32/h2,4-8,10,12,17,27,30H,3,9,11H2,1H3. The Morgan fingerprint density at radius 1 is 1.21 bits per heavy atom. The molecule has 2 aromatic carbocycles. The number of nitrogens with one attached hydrogen (secondary N) is 1. The predicted molar refractivity (Wildman–Crippen MR) is 122 cm³/mol. The van der Waals surface area contributed by atoms with E-state index in [0.29, 0.717) is 29.7 Å². The topological polar surface area (TPSA) is 99.6 Å². The number of aryl methyl sites for hydroxylation is 3. The molecule has 0 aliphatic carbocycles. The van der Waals surface area contributed by atoms with Crippen LogP contribution in [0.2, 0.25) is 0 Å². The summed E-state index contributed by atoms with van der Waals surface area (Å²) < 4.78 is 65.9. The fraction of sp³-hybridized carbons (Fsp3) is 0.273. The summed E-state index contributed by atoms with van der Waals surface area (Å²) in [6.07, 6.45) is -2.78. The summed E-state index contributed by atoms with van der Waals surface area (Å²) >= 11 is 1.39. The van der Waals surface area contributed by atoms with Gasteiger partial charge in [0.2, 0.25) is 0 Å². The van der Waals surface area contributed by atoms with Gasteiger partial charge in [-0.25, -0.2) is 4.98 Å². The third kappa shape index (κ3) is 4.93. The Hall–Kier alpha value is -2.96. The summed E-state index contributed by atoms with van der Waals surface area (Å²) in [6.45, 7) is 1.72.